The maximum absolute atomic E-state index is 3.98. The second-order valence-electron chi connectivity index (χ2n) is 3.02. The molecule has 0 aliphatic rings. The van der Waals surface area contributed by atoms with Gasteiger partial charge in [-0.3, -0.25) is 0 Å². The molecule has 14 heavy (non-hydrogen) atoms. The number of imidazole rings is 1. The number of rotatable bonds is 3. The zero-order valence-corrected chi connectivity index (χ0v) is 8.79. The topological polar surface area (TPSA) is 32.6 Å². The third-order valence-corrected chi connectivity index (χ3v) is 3.11. The number of pyridine rings is 1. The van der Waals surface area contributed by atoms with E-state index < -0.39 is 0 Å². The van der Waals surface area contributed by atoms with Crippen molar-refractivity contribution in [1.82, 2.24) is 9.97 Å². The Balaban J connectivity index is 2.02. The highest BCUT2D eigenvalue weighted by Crippen LogP contribution is 2.16. The molecule has 2 aromatic heterocycles. The number of aryl methyl sites for hydroxylation is 1. The Hall–Kier alpha value is -1.29. The van der Waals surface area contributed by atoms with Gasteiger partial charge in [0.2, 0.25) is 5.03 Å². The molecule has 0 saturated heterocycles. The van der Waals surface area contributed by atoms with E-state index in [-0.39, 0.29) is 0 Å². The van der Waals surface area contributed by atoms with E-state index >= 15 is 0 Å². The van der Waals surface area contributed by atoms with Gasteiger partial charge in [-0.25, -0.2) is 4.98 Å². The van der Waals surface area contributed by atoms with Crippen LogP contribution in [0.25, 0.3) is 0 Å². The van der Waals surface area contributed by atoms with Crippen molar-refractivity contribution in [2.45, 2.75) is 10.8 Å². The van der Waals surface area contributed by atoms with Gasteiger partial charge >= 0.3 is 0 Å². The molecule has 0 aliphatic carbocycles. The van der Waals surface area contributed by atoms with Gasteiger partial charge in [-0.05, 0) is 6.07 Å². The van der Waals surface area contributed by atoms with Gasteiger partial charge in [0.25, 0.3) is 0 Å². The number of nitrogens with one attached hydrogen (secondary N) is 1. The molecule has 0 amide bonds. The van der Waals surface area contributed by atoms with Gasteiger partial charge in [-0.2, -0.15) is 4.57 Å². The van der Waals surface area contributed by atoms with Crippen LogP contribution in [0, 0.1) is 0 Å². The Bertz CT molecular complexity index is 398. The molecule has 0 spiro atoms. The molecule has 3 nitrogen and oxygen atoms in total. The highest BCUT2D eigenvalue weighted by Gasteiger charge is 2.05. The maximum atomic E-state index is 3.98. The minimum Gasteiger partial charge on any atom is -0.348 e. The first-order chi connectivity index (χ1) is 6.86. The Morgan fingerprint density at radius 2 is 2.43 bits per heavy atom. The summed E-state index contributed by atoms with van der Waals surface area (Å²) in [7, 11) is 2.05. The summed E-state index contributed by atoms with van der Waals surface area (Å²) in [6, 6.07) is 6.19. The van der Waals surface area contributed by atoms with Gasteiger partial charge in [-0.15, -0.1) is 0 Å². The third-order valence-electron chi connectivity index (χ3n) is 1.94. The molecule has 0 fully saturated rings. The molecule has 0 bridgehead atoms. The predicted octanol–water partition coefficient (Wildman–Crippen LogP) is 1.53. The van der Waals surface area contributed by atoms with E-state index in [1.54, 1.807) is 18.1 Å². The number of thioether (sulfide) groups is 1. The first-order valence-electron chi connectivity index (χ1n) is 4.41. The van der Waals surface area contributed by atoms with Crippen LogP contribution in [0.4, 0.5) is 0 Å². The molecule has 4 heteroatoms. The second kappa shape index (κ2) is 4.28. The second-order valence-corrected chi connectivity index (χ2v) is 4.01. The Labute approximate surface area is 87.2 Å². The fourth-order valence-corrected chi connectivity index (χ4v) is 2.07. The fourth-order valence-electron chi connectivity index (χ4n) is 1.17. The van der Waals surface area contributed by atoms with E-state index in [2.05, 4.69) is 39.9 Å². The van der Waals surface area contributed by atoms with E-state index in [9.17, 15) is 0 Å². The number of aromatic nitrogens is 3. The highest BCUT2D eigenvalue weighted by molar-refractivity contribution is 7.98. The molecule has 0 unspecified atom stereocenters. The molecule has 0 saturated carbocycles. The molecule has 0 aliphatic heterocycles. The van der Waals surface area contributed by atoms with Crippen molar-refractivity contribution in [3.63, 3.8) is 0 Å². The molecule has 1 N–H and O–H groups in total. The summed E-state index contributed by atoms with van der Waals surface area (Å²) in [6.45, 7) is 0. The lowest BCUT2D eigenvalue weighted by Gasteiger charge is -1.97. The summed E-state index contributed by atoms with van der Waals surface area (Å²) < 4.78 is 2.11. The molecule has 2 aromatic rings. The van der Waals surface area contributed by atoms with Crippen LogP contribution in [0.3, 0.4) is 0 Å². The number of hydrogen-bond donors (Lipinski definition) is 1. The lowest BCUT2D eigenvalue weighted by molar-refractivity contribution is -0.708. The van der Waals surface area contributed by atoms with E-state index in [4.69, 9.17) is 0 Å². The average Bonchev–Trinajstić information content (AvgIpc) is 2.69. The van der Waals surface area contributed by atoms with E-state index in [1.165, 1.54) is 5.03 Å². The van der Waals surface area contributed by atoms with E-state index in [1.807, 2.05) is 12.3 Å². The molecular weight excluding hydrogens is 194 g/mol. The molecule has 2 heterocycles. The first-order valence-corrected chi connectivity index (χ1v) is 5.39. The number of hydrogen-bond acceptors (Lipinski definition) is 2. The van der Waals surface area contributed by atoms with Gasteiger partial charge < -0.3 is 4.98 Å². The van der Waals surface area contributed by atoms with Crippen molar-refractivity contribution in [2.24, 2.45) is 7.05 Å². The Morgan fingerprint density at radius 1 is 1.50 bits per heavy atom. The summed E-state index contributed by atoms with van der Waals surface area (Å²) in [5.74, 6) is 0.928. The summed E-state index contributed by atoms with van der Waals surface area (Å²) in [5, 5.41) is 1.25. The molecule has 2 rings (SSSR count). The van der Waals surface area contributed by atoms with E-state index in [0.29, 0.717) is 0 Å². The summed E-state index contributed by atoms with van der Waals surface area (Å²) in [5.41, 5.74) is 1.15. The van der Waals surface area contributed by atoms with Gasteiger partial charge in [0, 0.05) is 29.8 Å². The largest absolute Gasteiger partial charge is 0.348 e. The summed E-state index contributed by atoms with van der Waals surface area (Å²) in [4.78, 5) is 7.07. The first kappa shape index (κ1) is 9.27. The average molecular weight is 206 g/mol. The Kier molecular flexibility index (Phi) is 2.84. The molecule has 72 valence electrons. The van der Waals surface area contributed by atoms with Crippen molar-refractivity contribution < 1.29 is 4.57 Å². The van der Waals surface area contributed by atoms with Crippen LogP contribution in [0.2, 0.25) is 0 Å². The number of H-pyrrole nitrogens is 1. The monoisotopic (exact) mass is 206 g/mol. The predicted molar refractivity (Wildman–Crippen MR) is 55.8 cm³/mol. The van der Waals surface area contributed by atoms with Crippen molar-refractivity contribution in [3.8, 4) is 0 Å². The fraction of sp³-hybridized carbons (Fsp3) is 0.200. The molecular formula is C10H12N3S+. The van der Waals surface area contributed by atoms with Crippen LogP contribution in [-0.2, 0) is 12.8 Å². The standard InChI is InChI=1S/C10H12N3S/c1-13-5-3-2-4-10(13)14-7-9-6-11-8-12-9/h2-6,8H,7H2,1H3,(H,11,12)/q+1. The van der Waals surface area contributed by atoms with Crippen molar-refractivity contribution in [1.29, 1.82) is 0 Å². The van der Waals surface area contributed by atoms with Crippen LogP contribution in [0.1, 0.15) is 5.69 Å². The normalized spacial score (nSPS) is 10.4. The Morgan fingerprint density at radius 3 is 3.14 bits per heavy atom. The SMILES string of the molecule is C[n+]1ccccc1SCc1cnc[nH]1. The quantitative estimate of drug-likeness (QED) is 0.610. The van der Waals surface area contributed by atoms with Crippen LogP contribution >= 0.6 is 11.8 Å². The van der Waals surface area contributed by atoms with Gasteiger partial charge in [0.1, 0.15) is 7.05 Å². The smallest absolute Gasteiger partial charge is 0.240 e. The number of aromatic amines is 1. The highest BCUT2D eigenvalue weighted by atomic mass is 32.2. The minimum absolute atomic E-state index is 0.928. The zero-order valence-electron chi connectivity index (χ0n) is 7.97. The third kappa shape index (κ3) is 2.14. The lowest BCUT2D eigenvalue weighted by Crippen LogP contribution is -2.29. The van der Waals surface area contributed by atoms with Crippen molar-refractivity contribution in [2.75, 3.05) is 0 Å². The van der Waals surface area contributed by atoms with Gasteiger partial charge in [-0.1, -0.05) is 11.8 Å². The van der Waals surface area contributed by atoms with Crippen molar-refractivity contribution >= 4 is 11.8 Å². The zero-order chi connectivity index (χ0) is 9.80. The summed E-state index contributed by atoms with van der Waals surface area (Å²) in [6.07, 6.45) is 5.62. The van der Waals surface area contributed by atoms with Gasteiger partial charge in [0.15, 0.2) is 6.20 Å². The van der Waals surface area contributed by atoms with Crippen LogP contribution in [0.5, 0.6) is 0 Å². The minimum atomic E-state index is 0.928. The van der Waals surface area contributed by atoms with Crippen LogP contribution in [0.15, 0.2) is 41.9 Å². The number of nitrogens with zero attached hydrogens (tertiary/aromatic N) is 2. The van der Waals surface area contributed by atoms with Crippen LogP contribution < -0.4 is 4.57 Å². The van der Waals surface area contributed by atoms with Crippen molar-refractivity contribution in [3.05, 3.63) is 42.6 Å². The molecule has 0 aromatic carbocycles. The van der Waals surface area contributed by atoms with Crippen LogP contribution in [-0.4, -0.2) is 9.97 Å². The van der Waals surface area contributed by atoms with Gasteiger partial charge in [0.05, 0.1) is 6.33 Å². The summed E-state index contributed by atoms with van der Waals surface area (Å²) >= 11 is 1.80. The lowest BCUT2D eigenvalue weighted by atomic mass is 10.5. The molecule has 0 atom stereocenters. The molecule has 0 radical (unpaired) electrons. The maximum Gasteiger partial charge on any atom is 0.240 e. The van der Waals surface area contributed by atoms with E-state index in [0.717, 1.165) is 11.4 Å².